The molecule has 3 aromatic carbocycles. The molecule has 0 spiro atoms. The number of rotatable bonds is 5. The molecule has 7 nitrogen and oxygen atoms in total. The Labute approximate surface area is 197 Å². The fraction of sp³-hybridized carbons (Fsp3) is 0.120. The second kappa shape index (κ2) is 9.05. The van der Waals surface area contributed by atoms with Crippen LogP contribution < -0.4 is 14.4 Å². The third-order valence-electron chi connectivity index (χ3n) is 5.35. The van der Waals surface area contributed by atoms with Crippen LogP contribution in [-0.2, 0) is 9.59 Å². The van der Waals surface area contributed by atoms with E-state index in [1.165, 1.54) is 55.6 Å². The highest BCUT2D eigenvalue weighted by Gasteiger charge is 2.47. The number of hydrogen-bond donors (Lipinski definition) is 2. The van der Waals surface area contributed by atoms with Crippen LogP contribution in [0.25, 0.3) is 5.76 Å². The molecule has 1 saturated heterocycles. The van der Waals surface area contributed by atoms with Gasteiger partial charge in [0.25, 0.3) is 11.7 Å². The van der Waals surface area contributed by atoms with Gasteiger partial charge in [-0.25, -0.2) is 0 Å². The minimum atomic E-state index is -4.96. The summed E-state index contributed by atoms with van der Waals surface area (Å²) >= 11 is 0. The lowest BCUT2D eigenvalue weighted by Crippen LogP contribution is -2.29. The van der Waals surface area contributed by atoms with Crippen LogP contribution in [0.1, 0.15) is 17.2 Å². The highest BCUT2D eigenvalue weighted by molar-refractivity contribution is 6.51. The molecule has 1 amide bonds. The van der Waals surface area contributed by atoms with E-state index in [1.807, 2.05) is 0 Å². The zero-order valence-corrected chi connectivity index (χ0v) is 18.1. The summed E-state index contributed by atoms with van der Waals surface area (Å²) in [5.41, 5.74) is 0.231. The molecule has 35 heavy (non-hydrogen) atoms. The van der Waals surface area contributed by atoms with Crippen LogP contribution in [0.3, 0.4) is 0 Å². The van der Waals surface area contributed by atoms with Gasteiger partial charge in [-0.2, -0.15) is 0 Å². The molecule has 1 atom stereocenters. The van der Waals surface area contributed by atoms with Crippen molar-refractivity contribution in [3.63, 3.8) is 0 Å². The molecular formula is C25H18F3NO6. The van der Waals surface area contributed by atoms with Gasteiger partial charge in [0.2, 0.25) is 0 Å². The van der Waals surface area contributed by atoms with Gasteiger partial charge in [0, 0.05) is 17.3 Å². The summed E-state index contributed by atoms with van der Waals surface area (Å²) in [6.45, 7) is 0. The number of hydrogen-bond acceptors (Lipinski definition) is 6. The van der Waals surface area contributed by atoms with Gasteiger partial charge < -0.3 is 19.7 Å². The first kappa shape index (κ1) is 23.7. The molecule has 1 aliphatic rings. The zero-order valence-electron chi connectivity index (χ0n) is 18.1. The molecule has 0 aliphatic carbocycles. The molecule has 2 N–H and O–H groups in total. The number of carbonyl (C=O) groups excluding carboxylic acids is 2. The maximum Gasteiger partial charge on any atom is 0.573 e. The average Bonchev–Trinajstić information content (AvgIpc) is 3.08. The van der Waals surface area contributed by atoms with Crippen LogP contribution in [0, 0.1) is 0 Å². The predicted molar refractivity (Wildman–Crippen MR) is 119 cm³/mol. The van der Waals surface area contributed by atoms with Gasteiger partial charge in [0.15, 0.2) is 0 Å². The maximum absolute atomic E-state index is 13.1. The number of alkyl halides is 3. The second-order valence-corrected chi connectivity index (χ2v) is 7.53. The number of methoxy groups -OCH3 is 1. The Balaban J connectivity index is 1.88. The molecule has 10 heteroatoms. The van der Waals surface area contributed by atoms with Crippen molar-refractivity contribution in [3.8, 4) is 17.2 Å². The fourth-order valence-electron chi connectivity index (χ4n) is 3.81. The van der Waals surface area contributed by atoms with E-state index in [0.717, 1.165) is 17.0 Å². The van der Waals surface area contributed by atoms with E-state index in [-0.39, 0.29) is 22.6 Å². The van der Waals surface area contributed by atoms with Gasteiger partial charge in [-0.3, -0.25) is 14.5 Å². The maximum atomic E-state index is 13.1. The summed E-state index contributed by atoms with van der Waals surface area (Å²) in [7, 11) is 1.46. The topological polar surface area (TPSA) is 96.3 Å². The number of aliphatic hydroxyl groups is 1. The SMILES string of the molecule is COc1ccc(/C(O)=C2\C(=O)C(=O)N(c3cccc(OC(F)(F)F)c3)C2c2ccc(O)cc2)cc1. The minimum Gasteiger partial charge on any atom is -0.508 e. The van der Waals surface area contributed by atoms with Gasteiger partial charge in [-0.15, -0.1) is 13.2 Å². The Morgan fingerprint density at radius 1 is 0.943 bits per heavy atom. The number of ether oxygens (including phenoxy) is 2. The van der Waals surface area contributed by atoms with E-state index in [1.54, 1.807) is 12.1 Å². The van der Waals surface area contributed by atoms with Gasteiger partial charge in [0.1, 0.15) is 23.0 Å². The molecule has 3 aromatic rings. The molecule has 1 aliphatic heterocycles. The number of Topliss-reactive ketones (excluding diaryl/α,β-unsaturated/α-hetero) is 1. The van der Waals surface area contributed by atoms with Gasteiger partial charge >= 0.3 is 6.36 Å². The number of benzene rings is 3. The molecule has 0 radical (unpaired) electrons. The average molecular weight is 485 g/mol. The number of amides is 1. The summed E-state index contributed by atoms with van der Waals surface area (Å²) in [5.74, 6) is -2.73. The first-order valence-electron chi connectivity index (χ1n) is 10.2. The molecule has 0 saturated carbocycles. The number of aromatic hydroxyl groups is 1. The lowest BCUT2D eigenvalue weighted by Gasteiger charge is -2.26. The van der Waals surface area contributed by atoms with Crippen LogP contribution in [0.4, 0.5) is 18.9 Å². The first-order valence-corrected chi connectivity index (χ1v) is 10.2. The van der Waals surface area contributed by atoms with Gasteiger partial charge in [-0.1, -0.05) is 18.2 Å². The van der Waals surface area contributed by atoms with E-state index in [4.69, 9.17) is 4.74 Å². The number of phenols is 1. The van der Waals surface area contributed by atoms with Gasteiger partial charge in [-0.05, 0) is 54.1 Å². The Kier molecular flexibility index (Phi) is 6.12. The molecule has 4 rings (SSSR count). The zero-order chi connectivity index (χ0) is 25.3. The number of halogens is 3. The molecule has 1 fully saturated rings. The van der Waals surface area contributed by atoms with E-state index >= 15 is 0 Å². The van der Waals surface area contributed by atoms with Crippen LogP contribution in [0.5, 0.6) is 17.2 Å². The Hall–Kier alpha value is -4.47. The summed E-state index contributed by atoms with van der Waals surface area (Å²) in [4.78, 5) is 27.2. The lowest BCUT2D eigenvalue weighted by molar-refractivity contribution is -0.274. The van der Waals surface area contributed by atoms with E-state index in [9.17, 15) is 33.0 Å². The van der Waals surface area contributed by atoms with E-state index < -0.39 is 35.6 Å². The Morgan fingerprint density at radius 2 is 1.60 bits per heavy atom. The van der Waals surface area contributed by atoms with Crippen molar-refractivity contribution >= 4 is 23.1 Å². The summed E-state index contributed by atoms with van der Waals surface area (Å²) in [6, 6.07) is 15.0. The summed E-state index contributed by atoms with van der Waals surface area (Å²) in [5, 5.41) is 20.7. The summed E-state index contributed by atoms with van der Waals surface area (Å²) < 4.78 is 47.3. The van der Waals surface area contributed by atoms with Crippen LogP contribution in [0.15, 0.2) is 78.4 Å². The predicted octanol–water partition coefficient (Wildman–Crippen LogP) is 4.93. The van der Waals surface area contributed by atoms with Crippen molar-refractivity contribution in [2.45, 2.75) is 12.4 Å². The van der Waals surface area contributed by atoms with Crippen molar-refractivity contribution in [1.29, 1.82) is 0 Å². The number of ketones is 1. The highest BCUT2D eigenvalue weighted by Crippen LogP contribution is 2.43. The molecule has 0 aromatic heterocycles. The van der Waals surface area contributed by atoms with E-state index in [2.05, 4.69) is 4.74 Å². The van der Waals surface area contributed by atoms with Crippen molar-refractivity contribution in [2.24, 2.45) is 0 Å². The number of anilines is 1. The fourth-order valence-corrected chi connectivity index (χ4v) is 3.81. The van der Waals surface area contributed by atoms with Crippen molar-refractivity contribution in [3.05, 3.63) is 89.5 Å². The molecular weight excluding hydrogens is 467 g/mol. The Bertz CT molecular complexity index is 1300. The van der Waals surface area contributed by atoms with Gasteiger partial charge in [0.05, 0.1) is 18.7 Å². The van der Waals surface area contributed by atoms with Crippen molar-refractivity contribution in [1.82, 2.24) is 0 Å². The number of nitrogens with zero attached hydrogens (tertiary/aromatic N) is 1. The Morgan fingerprint density at radius 3 is 2.20 bits per heavy atom. The van der Waals surface area contributed by atoms with Crippen LogP contribution >= 0.6 is 0 Å². The molecule has 180 valence electrons. The smallest absolute Gasteiger partial charge is 0.508 e. The third kappa shape index (κ3) is 4.77. The molecule has 1 unspecified atom stereocenters. The lowest BCUT2D eigenvalue weighted by atomic mass is 9.95. The van der Waals surface area contributed by atoms with E-state index in [0.29, 0.717) is 11.3 Å². The van der Waals surface area contributed by atoms with Crippen LogP contribution in [-0.4, -0.2) is 35.4 Å². The highest BCUT2D eigenvalue weighted by atomic mass is 19.4. The second-order valence-electron chi connectivity index (χ2n) is 7.53. The minimum absolute atomic E-state index is 0.0549. The normalized spacial score (nSPS) is 17.5. The summed E-state index contributed by atoms with van der Waals surface area (Å²) in [6.07, 6.45) is -4.96. The number of phenolic OH excluding ortho intramolecular Hbond substituents is 1. The monoisotopic (exact) mass is 485 g/mol. The van der Waals surface area contributed by atoms with Crippen LogP contribution in [0.2, 0.25) is 0 Å². The molecule has 0 bridgehead atoms. The standard InChI is InChI=1S/C25H18F3NO6/c1-34-18-11-7-15(8-12-18)22(31)20-21(14-5-9-17(30)10-6-14)29(24(33)23(20)32)16-3-2-4-19(13-16)35-25(26,27)28/h2-13,21,30-31H,1H3/b22-20+. The number of carbonyl (C=O) groups is 2. The van der Waals surface area contributed by atoms with Crippen molar-refractivity contribution in [2.75, 3.05) is 12.0 Å². The largest absolute Gasteiger partial charge is 0.573 e. The number of aliphatic hydroxyl groups excluding tert-OH is 1. The van der Waals surface area contributed by atoms with Crippen molar-refractivity contribution < 1.29 is 42.4 Å². The first-order chi connectivity index (χ1) is 16.6. The third-order valence-corrected chi connectivity index (χ3v) is 5.35. The quantitative estimate of drug-likeness (QED) is 0.302. The molecule has 1 heterocycles.